The van der Waals surface area contributed by atoms with E-state index in [9.17, 15) is 4.79 Å². The van der Waals surface area contributed by atoms with Gasteiger partial charge in [-0.2, -0.15) is 0 Å². The fraction of sp³-hybridized carbons (Fsp3) is 0.0909. The highest BCUT2D eigenvalue weighted by Crippen LogP contribution is 2.24. The lowest BCUT2D eigenvalue weighted by molar-refractivity contribution is 0.0708. The van der Waals surface area contributed by atoms with Crippen molar-refractivity contribution < 1.29 is 10.0 Å². The number of hydroxylamine groups is 1. The number of hydrogen-bond donors (Lipinski definition) is 2. The molecule has 0 saturated heterocycles. The Kier molecular flexibility index (Phi) is 2.77. The molecule has 0 unspecified atom stereocenters. The van der Waals surface area contributed by atoms with Gasteiger partial charge in [-0.3, -0.25) is 15.0 Å². The molecular weight excluding hydrogens is 228 g/mol. The largest absolute Gasteiger partial charge is 0.288 e. The van der Waals surface area contributed by atoms with Gasteiger partial charge in [0, 0.05) is 11.1 Å². The standard InChI is InChI=1S/C11H9ClN2O2/c1-6-5-8(11(15)14-16)7-3-2-4-9(12)10(7)13-6/h2-5,16H,1H3,(H,14,15). The average Bonchev–Trinajstić information content (AvgIpc) is 2.28. The van der Waals surface area contributed by atoms with Crippen molar-refractivity contribution in [3.8, 4) is 0 Å². The van der Waals surface area contributed by atoms with Crippen molar-refractivity contribution in [1.82, 2.24) is 10.5 Å². The van der Waals surface area contributed by atoms with Crippen molar-refractivity contribution in [3.05, 3.63) is 40.5 Å². The second-order valence-corrected chi connectivity index (χ2v) is 3.80. The highest BCUT2D eigenvalue weighted by atomic mass is 35.5. The van der Waals surface area contributed by atoms with Gasteiger partial charge in [0.25, 0.3) is 5.91 Å². The van der Waals surface area contributed by atoms with E-state index >= 15 is 0 Å². The van der Waals surface area contributed by atoms with E-state index in [2.05, 4.69) is 4.98 Å². The number of nitrogens with zero attached hydrogens (tertiary/aromatic N) is 1. The average molecular weight is 237 g/mol. The number of aromatic nitrogens is 1. The second-order valence-electron chi connectivity index (χ2n) is 3.39. The Bertz CT molecular complexity index is 569. The minimum absolute atomic E-state index is 0.354. The summed E-state index contributed by atoms with van der Waals surface area (Å²) in [6, 6.07) is 6.77. The van der Waals surface area contributed by atoms with Gasteiger partial charge in [-0.15, -0.1) is 0 Å². The van der Waals surface area contributed by atoms with Crippen LogP contribution < -0.4 is 5.48 Å². The van der Waals surface area contributed by atoms with Gasteiger partial charge in [0.05, 0.1) is 16.1 Å². The third kappa shape index (κ3) is 1.73. The van der Waals surface area contributed by atoms with Crippen LogP contribution in [0.25, 0.3) is 10.9 Å². The molecule has 16 heavy (non-hydrogen) atoms. The van der Waals surface area contributed by atoms with Crippen LogP contribution in [0.4, 0.5) is 0 Å². The number of nitrogens with one attached hydrogen (secondary N) is 1. The van der Waals surface area contributed by atoms with E-state index in [0.29, 0.717) is 27.2 Å². The number of rotatable bonds is 1. The summed E-state index contributed by atoms with van der Waals surface area (Å²) in [6.45, 7) is 1.76. The molecule has 1 amide bonds. The third-order valence-corrected chi connectivity index (χ3v) is 2.57. The van der Waals surface area contributed by atoms with Crippen molar-refractivity contribution in [1.29, 1.82) is 0 Å². The lowest BCUT2D eigenvalue weighted by Gasteiger charge is -2.06. The molecule has 0 fully saturated rings. The Labute approximate surface area is 96.8 Å². The Hall–Kier alpha value is -1.65. The Morgan fingerprint density at radius 2 is 2.25 bits per heavy atom. The molecule has 0 radical (unpaired) electrons. The highest BCUT2D eigenvalue weighted by molar-refractivity contribution is 6.35. The molecule has 1 aromatic heterocycles. The van der Waals surface area contributed by atoms with Crippen LogP contribution in [0.1, 0.15) is 16.1 Å². The number of carbonyl (C=O) groups excluding carboxylic acids is 1. The summed E-state index contributed by atoms with van der Waals surface area (Å²) in [5.74, 6) is -0.572. The topological polar surface area (TPSA) is 62.2 Å². The number of para-hydroxylation sites is 1. The monoisotopic (exact) mass is 236 g/mol. The maximum absolute atomic E-state index is 11.5. The number of benzene rings is 1. The van der Waals surface area contributed by atoms with Crippen molar-refractivity contribution in [2.45, 2.75) is 6.92 Å². The van der Waals surface area contributed by atoms with Crippen LogP contribution in [-0.4, -0.2) is 16.1 Å². The zero-order valence-electron chi connectivity index (χ0n) is 8.49. The predicted octanol–water partition coefficient (Wildman–Crippen LogP) is 2.32. The Morgan fingerprint density at radius 3 is 2.94 bits per heavy atom. The molecule has 2 rings (SSSR count). The molecule has 5 heteroatoms. The normalized spacial score (nSPS) is 10.4. The number of fused-ring (bicyclic) bond motifs is 1. The molecule has 0 aliphatic heterocycles. The van der Waals surface area contributed by atoms with E-state index in [-0.39, 0.29) is 0 Å². The highest BCUT2D eigenvalue weighted by Gasteiger charge is 2.12. The molecule has 4 nitrogen and oxygen atoms in total. The second kappa shape index (κ2) is 4.08. The van der Waals surface area contributed by atoms with Gasteiger partial charge in [-0.25, -0.2) is 5.48 Å². The molecule has 0 spiro atoms. The number of pyridine rings is 1. The third-order valence-electron chi connectivity index (χ3n) is 2.26. The SMILES string of the molecule is Cc1cc(C(=O)NO)c2cccc(Cl)c2n1. The zero-order chi connectivity index (χ0) is 11.7. The van der Waals surface area contributed by atoms with Crippen LogP contribution in [0.3, 0.4) is 0 Å². The van der Waals surface area contributed by atoms with Gasteiger partial charge in [0.2, 0.25) is 0 Å². The van der Waals surface area contributed by atoms with Gasteiger partial charge in [0.1, 0.15) is 0 Å². The first kappa shape index (κ1) is 10.9. The van der Waals surface area contributed by atoms with Crippen molar-refractivity contribution in [2.75, 3.05) is 0 Å². The summed E-state index contributed by atoms with van der Waals surface area (Å²) in [5, 5.41) is 9.75. The fourth-order valence-electron chi connectivity index (χ4n) is 1.59. The molecule has 2 aromatic rings. The van der Waals surface area contributed by atoms with Gasteiger partial charge in [0.15, 0.2) is 0 Å². The first-order chi connectivity index (χ1) is 7.63. The number of amides is 1. The molecule has 0 aliphatic rings. The molecule has 0 aliphatic carbocycles. The minimum atomic E-state index is -0.572. The van der Waals surface area contributed by atoms with E-state index in [1.54, 1.807) is 36.7 Å². The van der Waals surface area contributed by atoms with Gasteiger partial charge >= 0.3 is 0 Å². The first-order valence-corrected chi connectivity index (χ1v) is 5.01. The lowest BCUT2D eigenvalue weighted by atomic mass is 10.1. The summed E-state index contributed by atoms with van der Waals surface area (Å²) >= 11 is 5.99. The summed E-state index contributed by atoms with van der Waals surface area (Å²) in [7, 11) is 0. The molecule has 0 bridgehead atoms. The minimum Gasteiger partial charge on any atom is -0.288 e. The summed E-state index contributed by atoms with van der Waals surface area (Å²) in [6.07, 6.45) is 0. The Balaban J connectivity index is 2.83. The zero-order valence-corrected chi connectivity index (χ0v) is 9.25. The van der Waals surface area contributed by atoms with E-state index < -0.39 is 5.91 Å². The quantitative estimate of drug-likeness (QED) is 0.590. The van der Waals surface area contributed by atoms with Crippen LogP contribution >= 0.6 is 11.6 Å². The van der Waals surface area contributed by atoms with Crippen molar-refractivity contribution in [3.63, 3.8) is 0 Å². The summed E-state index contributed by atoms with van der Waals surface area (Å²) < 4.78 is 0. The van der Waals surface area contributed by atoms with Crippen molar-refractivity contribution in [2.24, 2.45) is 0 Å². The van der Waals surface area contributed by atoms with Gasteiger partial charge in [-0.1, -0.05) is 23.7 Å². The molecule has 1 heterocycles. The lowest BCUT2D eigenvalue weighted by Crippen LogP contribution is -2.19. The number of halogens is 1. The summed E-state index contributed by atoms with van der Waals surface area (Å²) in [5.41, 5.74) is 3.19. The van der Waals surface area contributed by atoms with E-state index in [4.69, 9.17) is 16.8 Å². The first-order valence-electron chi connectivity index (χ1n) is 4.64. The fourth-order valence-corrected chi connectivity index (χ4v) is 1.81. The van der Waals surface area contributed by atoms with Crippen LogP contribution in [0.2, 0.25) is 5.02 Å². The summed E-state index contributed by atoms with van der Waals surface area (Å²) in [4.78, 5) is 15.7. The molecule has 2 N–H and O–H groups in total. The van der Waals surface area contributed by atoms with Crippen LogP contribution in [0, 0.1) is 6.92 Å². The van der Waals surface area contributed by atoms with E-state index in [0.717, 1.165) is 0 Å². The van der Waals surface area contributed by atoms with Crippen LogP contribution in [0.5, 0.6) is 0 Å². The van der Waals surface area contributed by atoms with Crippen LogP contribution in [0.15, 0.2) is 24.3 Å². The predicted molar refractivity (Wildman–Crippen MR) is 60.7 cm³/mol. The van der Waals surface area contributed by atoms with E-state index in [1.807, 2.05) is 0 Å². The number of carbonyl (C=O) groups is 1. The van der Waals surface area contributed by atoms with E-state index in [1.165, 1.54) is 0 Å². The van der Waals surface area contributed by atoms with Crippen molar-refractivity contribution >= 4 is 28.4 Å². The molecule has 82 valence electrons. The van der Waals surface area contributed by atoms with Crippen LogP contribution in [-0.2, 0) is 0 Å². The molecule has 0 saturated carbocycles. The molecule has 0 atom stereocenters. The molecular formula is C11H9ClN2O2. The smallest absolute Gasteiger partial charge is 0.275 e. The van der Waals surface area contributed by atoms with Gasteiger partial charge in [-0.05, 0) is 19.1 Å². The number of aryl methyl sites for hydroxylation is 1. The molecule has 1 aromatic carbocycles. The van der Waals surface area contributed by atoms with Gasteiger partial charge < -0.3 is 0 Å². The maximum Gasteiger partial charge on any atom is 0.275 e. The maximum atomic E-state index is 11.5. The number of hydrogen-bond acceptors (Lipinski definition) is 3. The Morgan fingerprint density at radius 1 is 1.50 bits per heavy atom.